The molecule has 2 aliphatic rings. The molecular weight excluding hydrogens is 422 g/mol. The average Bonchev–Trinajstić information content (AvgIpc) is 2.79. The zero-order valence-electron chi connectivity index (χ0n) is 18.9. The van der Waals surface area contributed by atoms with E-state index < -0.39 is 6.10 Å². The van der Waals surface area contributed by atoms with Crippen molar-refractivity contribution in [2.75, 3.05) is 14.1 Å². The van der Waals surface area contributed by atoms with Gasteiger partial charge in [-0.2, -0.15) is 0 Å². The zero-order valence-corrected chi connectivity index (χ0v) is 19.6. The summed E-state index contributed by atoms with van der Waals surface area (Å²) in [6, 6.07) is 7.34. The molecule has 1 saturated carbocycles. The van der Waals surface area contributed by atoms with E-state index in [0.29, 0.717) is 22.2 Å². The van der Waals surface area contributed by atoms with Gasteiger partial charge in [-0.05, 0) is 50.2 Å². The van der Waals surface area contributed by atoms with Gasteiger partial charge < -0.3 is 10.0 Å². The zero-order chi connectivity index (χ0) is 22.7. The normalized spacial score (nSPS) is 20.4. The predicted molar refractivity (Wildman–Crippen MR) is 129 cm³/mol. The van der Waals surface area contributed by atoms with Crippen LogP contribution >= 0.6 is 11.6 Å². The van der Waals surface area contributed by atoms with E-state index in [1.165, 1.54) is 32.1 Å². The van der Waals surface area contributed by atoms with Crippen LogP contribution in [0.2, 0.25) is 5.02 Å². The highest BCUT2D eigenvalue weighted by Gasteiger charge is 2.28. The van der Waals surface area contributed by atoms with Gasteiger partial charge in [0.15, 0.2) is 0 Å². The molecule has 4 rings (SSSR count). The lowest BCUT2D eigenvalue weighted by Gasteiger charge is -2.31. The van der Waals surface area contributed by atoms with E-state index >= 15 is 0 Å². The van der Waals surface area contributed by atoms with Crippen LogP contribution in [-0.2, 0) is 6.42 Å². The van der Waals surface area contributed by atoms with Gasteiger partial charge in [0.2, 0.25) is 0 Å². The van der Waals surface area contributed by atoms with Gasteiger partial charge in [0, 0.05) is 23.7 Å². The van der Waals surface area contributed by atoms with Crippen LogP contribution in [0.15, 0.2) is 59.1 Å². The molecule has 0 saturated heterocycles. The third kappa shape index (κ3) is 4.90. The third-order valence-corrected chi connectivity index (χ3v) is 6.96. The lowest BCUT2D eigenvalue weighted by Crippen LogP contribution is -2.35. The minimum Gasteiger partial charge on any atom is -0.384 e. The SMILES string of the molecule is CN(C)C1CC=CC=C1C(O)c1cnc(CC2CCCCC2)n(-c2cccc(Cl)c2)c1=O. The molecule has 32 heavy (non-hydrogen) atoms. The summed E-state index contributed by atoms with van der Waals surface area (Å²) in [6.07, 6.45) is 14.1. The molecule has 0 aliphatic heterocycles. The number of benzene rings is 1. The maximum atomic E-state index is 13.8. The predicted octanol–water partition coefficient (Wildman–Crippen LogP) is 4.86. The van der Waals surface area contributed by atoms with Gasteiger partial charge in [-0.25, -0.2) is 4.98 Å². The number of aliphatic hydroxyl groups is 1. The van der Waals surface area contributed by atoms with Gasteiger partial charge in [0.25, 0.3) is 5.56 Å². The first-order valence-corrected chi connectivity index (χ1v) is 11.9. The molecule has 1 aromatic carbocycles. The minimum atomic E-state index is -1.01. The monoisotopic (exact) mass is 453 g/mol. The molecular formula is C26H32ClN3O2. The Morgan fingerprint density at radius 3 is 2.75 bits per heavy atom. The van der Waals surface area contributed by atoms with Gasteiger partial charge in [0.1, 0.15) is 11.9 Å². The molecule has 5 nitrogen and oxygen atoms in total. The number of hydrogen-bond acceptors (Lipinski definition) is 4. The van der Waals surface area contributed by atoms with E-state index in [9.17, 15) is 9.90 Å². The summed E-state index contributed by atoms with van der Waals surface area (Å²) in [4.78, 5) is 20.6. The first kappa shape index (κ1) is 23.0. The maximum Gasteiger partial charge on any atom is 0.264 e. The summed E-state index contributed by atoms with van der Waals surface area (Å²) in [5.41, 5.74) is 1.57. The number of rotatable bonds is 6. The number of nitrogens with zero attached hydrogens (tertiary/aromatic N) is 3. The molecule has 2 aliphatic carbocycles. The molecule has 0 bridgehead atoms. The quantitative estimate of drug-likeness (QED) is 0.678. The van der Waals surface area contributed by atoms with E-state index in [4.69, 9.17) is 16.6 Å². The fraction of sp³-hybridized carbons (Fsp3) is 0.462. The Kier molecular flexibility index (Phi) is 7.29. The van der Waals surface area contributed by atoms with Crippen molar-refractivity contribution in [3.8, 4) is 5.69 Å². The van der Waals surface area contributed by atoms with Crippen LogP contribution in [-0.4, -0.2) is 39.7 Å². The molecule has 170 valence electrons. The van der Waals surface area contributed by atoms with Gasteiger partial charge in [-0.15, -0.1) is 0 Å². The largest absolute Gasteiger partial charge is 0.384 e. The van der Waals surface area contributed by atoms with Crippen molar-refractivity contribution < 1.29 is 5.11 Å². The van der Waals surface area contributed by atoms with Crippen molar-refractivity contribution in [1.82, 2.24) is 14.5 Å². The summed E-state index contributed by atoms with van der Waals surface area (Å²) in [6.45, 7) is 0. The highest BCUT2D eigenvalue weighted by molar-refractivity contribution is 6.30. The van der Waals surface area contributed by atoms with Crippen LogP contribution in [0.25, 0.3) is 5.69 Å². The third-order valence-electron chi connectivity index (χ3n) is 6.73. The Bertz CT molecular complexity index is 1070. The molecule has 0 radical (unpaired) electrons. The first-order chi connectivity index (χ1) is 15.5. The maximum absolute atomic E-state index is 13.8. The standard InChI is InChI=1S/C26H32ClN3O2/c1-29(2)23-14-7-6-13-21(23)25(31)22-17-28-24(15-18-9-4-3-5-10-18)30(26(22)32)20-12-8-11-19(27)16-20/h6-8,11-13,16-18,23,25,31H,3-5,9-10,14-15H2,1-2H3. The van der Waals surface area contributed by atoms with Crippen molar-refractivity contribution in [1.29, 1.82) is 0 Å². The Labute approximate surface area is 195 Å². The van der Waals surface area contributed by atoms with E-state index in [1.54, 1.807) is 22.9 Å². The molecule has 2 atom stereocenters. The molecule has 1 aromatic heterocycles. The molecule has 0 spiro atoms. The minimum absolute atomic E-state index is 0.0379. The second-order valence-corrected chi connectivity index (χ2v) is 9.61. The molecule has 0 amide bonds. The fourth-order valence-electron chi connectivity index (χ4n) is 4.96. The Morgan fingerprint density at radius 2 is 2.03 bits per heavy atom. The fourth-order valence-corrected chi connectivity index (χ4v) is 5.15. The Balaban J connectivity index is 1.78. The summed E-state index contributed by atoms with van der Waals surface area (Å²) in [7, 11) is 3.97. The van der Waals surface area contributed by atoms with E-state index in [2.05, 4.69) is 11.0 Å². The number of hydrogen-bond donors (Lipinski definition) is 1. The first-order valence-electron chi connectivity index (χ1n) is 11.5. The molecule has 6 heteroatoms. The summed E-state index contributed by atoms with van der Waals surface area (Å²) < 4.78 is 1.66. The highest BCUT2D eigenvalue weighted by Crippen LogP contribution is 2.30. The summed E-state index contributed by atoms with van der Waals surface area (Å²) in [5.74, 6) is 1.27. The Hall–Kier alpha value is -2.21. The van der Waals surface area contributed by atoms with Crippen molar-refractivity contribution in [2.45, 2.75) is 57.1 Å². The molecule has 2 unspecified atom stereocenters. The van der Waals surface area contributed by atoms with Crippen LogP contribution < -0.4 is 5.56 Å². The highest BCUT2D eigenvalue weighted by atomic mass is 35.5. The topological polar surface area (TPSA) is 58.4 Å². The van der Waals surface area contributed by atoms with Crippen molar-refractivity contribution in [3.05, 3.63) is 81.0 Å². The molecule has 1 heterocycles. The smallest absolute Gasteiger partial charge is 0.264 e. The van der Waals surface area contributed by atoms with Crippen molar-refractivity contribution >= 4 is 11.6 Å². The summed E-state index contributed by atoms with van der Waals surface area (Å²) >= 11 is 6.26. The van der Waals surface area contributed by atoms with E-state index in [1.807, 2.05) is 38.4 Å². The van der Waals surface area contributed by atoms with Gasteiger partial charge in [-0.1, -0.05) is 68.0 Å². The average molecular weight is 454 g/mol. The Morgan fingerprint density at radius 1 is 1.25 bits per heavy atom. The van der Waals surface area contributed by atoms with Crippen LogP contribution in [0.3, 0.4) is 0 Å². The lowest BCUT2D eigenvalue weighted by atomic mass is 9.86. The number of aromatic nitrogens is 2. The van der Waals surface area contributed by atoms with Gasteiger partial charge >= 0.3 is 0 Å². The number of likely N-dealkylation sites (N-methyl/N-ethyl adjacent to an activating group) is 1. The number of allylic oxidation sites excluding steroid dienone is 2. The van der Waals surface area contributed by atoms with Gasteiger partial charge in [-0.3, -0.25) is 9.36 Å². The van der Waals surface area contributed by atoms with Crippen LogP contribution in [0.1, 0.15) is 56.0 Å². The molecule has 1 N–H and O–H groups in total. The van der Waals surface area contributed by atoms with Crippen LogP contribution in [0.5, 0.6) is 0 Å². The van der Waals surface area contributed by atoms with Crippen molar-refractivity contribution in [3.63, 3.8) is 0 Å². The number of halogens is 1. The van der Waals surface area contributed by atoms with Crippen molar-refractivity contribution in [2.24, 2.45) is 5.92 Å². The van der Waals surface area contributed by atoms with E-state index in [-0.39, 0.29) is 11.6 Å². The second-order valence-electron chi connectivity index (χ2n) is 9.17. The molecule has 1 fully saturated rings. The van der Waals surface area contributed by atoms with Gasteiger partial charge in [0.05, 0.1) is 11.3 Å². The van der Waals surface area contributed by atoms with E-state index in [0.717, 1.165) is 24.2 Å². The summed E-state index contributed by atoms with van der Waals surface area (Å²) in [5, 5.41) is 11.8. The van der Waals surface area contributed by atoms with Crippen LogP contribution in [0.4, 0.5) is 0 Å². The van der Waals surface area contributed by atoms with Crippen LogP contribution in [0, 0.1) is 5.92 Å². The molecule has 2 aromatic rings. The second kappa shape index (κ2) is 10.2. The lowest BCUT2D eigenvalue weighted by molar-refractivity contribution is 0.182. The number of aliphatic hydroxyl groups excluding tert-OH is 1.